The van der Waals surface area contributed by atoms with Gasteiger partial charge in [-0.3, -0.25) is 0 Å². The molecule has 0 radical (unpaired) electrons. The van der Waals surface area contributed by atoms with Crippen molar-refractivity contribution in [2.24, 2.45) is 0 Å². The van der Waals surface area contributed by atoms with Crippen molar-refractivity contribution in [1.29, 1.82) is 0 Å². The molecule has 2 heterocycles. The minimum Gasteiger partial charge on any atom is -0.378 e. The van der Waals surface area contributed by atoms with Gasteiger partial charge in [-0.2, -0.15) is 0 Å². The van der Waals surface area contributed by atoms with Crippen LogP contribution in [0.25, 0.3) is 0 Å². The van der Waals surface area contributed by atoms with Crippen LogP contribution in [0.15, 0.2) is 46.7 Å². The number of ether oxygens (including phenoxy) is 1. The number of thiophene rings is 1. The number of morpholine rings is 1. The van der Waals surface area contributed by atoms with Gasteiger partial charge in [0.25, 0.3) is 0 Å². The van der Waals surface area contributed by atoms with Crippen molar-refractivity contribution in [3.8, 4) is 0 Å². The molecular weight excluding hydrogens is 356 g/mol. The van der Waals surface area contributed by atoms with Crippen molar-refractivity contribution in [2.75, 3.05) is 31.2 Å². The van der Waals surface area contributed by atoms with Crippen LogP contribution in [0.3, 0.4) is 0 Å². The highest BCUT2D eigenvalue weighted by molar-refractivity contribution is 7.91. The van der Waals surface area contributed by atoms with E-state index in [9.17, 15) is 8.42 Å². The number of nitrogens with one attached hydrogen (secondary N) is 1. The first kappa shape index (κ1) is 17.0. The number of sulfonamides is 1. The molecule has 1 aliphatic heterocycles. The van der Waals surface area contributed by atoms with E-state index in [1.165, 1.54) is 16.9 Å². The van der Waals surface area contributed by atoms with Crippen LogP contribution in [0.4, 0.5) is 5.00 Å². The van der Waals surface area contributed by atoms with Crippen LogP contribution in [0, 0.1) is 0 Å². The normalized spacial score (nSPS) is 26.6. The molecule has 0 bridgehead atoms. The van der Waals surface area contributed by atoms with E-state index >= 15 is 0 Å². The molecule has 2 atom stereocenters. The van der Waals surface area contributed by atoms with Crippen molar-refractivity contribution in [3.05, 3.63) is 48.0 Å². The van der Waals surface area contributed by atoms with E-state index in [0.29, 0.717) is 17.4 Å². The molecule has 0 unspecified atom stereocenters. The van der Waals surface area contributed by atoms with Crippen molar-refractivity contribution >= 4 is 26.4 Å². The lowest BCUT2D eigenvalue weighted by atomic mass is 9.98. The zero-order chi connectivity index (χ0) is 17.5. The predicted molar refractivity (Wildman–Crippen MR) is 99.9 cm³/mol. The first-order valence-electron chi connectivity index (χ1n) is 8.49. The molecule has 2 fully saturated rings. The van der Waals surface area contributed by atoms with Crippen LogP contribution in [0.1, 0.15) is 18.9 Å². The maximum atomic E-state index is 12.8. The highest BCUT2D eigenvalue weighted by atomic mass is 32.2. The lowest BCUT2D eigenvalue weighted by Crippen LogP contribution is -2.35. The third kappa shape index (κ3) is 3.33. The average molecular weight is 379 g/mol. The summed E-state index contributed by atoms with van der Waals surface area (Å²) in [5.41, 5.74) is 1.07. The second-order valence-corrected chi connectivity index (χ2v) is 9.86. The highest BCUT2D eigenvalue weighted by Gasteiger charge is 2.53. The standard InChI is InChI=1S/C18H22N2O3S2/c1-18(14-5-3-2-4-6-14)13-15(18)19-25(21,22)17-8-7-16(24-17)20-9-11-23-12-10-20/h2-8,15,19H,9-13H2,1H3/t15-,18+/m1/s1. The van der Waals surface area contributed by atoms with Crippen LogP contribution in [0.5, 0.6) is 0 Å². The Morgan fingerprint density at radius 2 is 1.88 bits per heavy atom. The summed E-state index contributed by atoms with van der Waals surface area (Å²) in [4.78, 5) is 2.18. The first-order chi connectivity index (χ1) is 12.0. The van der Waals surface area contributed by atoms with Gasteiger partial charge in [-0.05, 0) is 24.1 Å². The number of hydrogen-bond donors (Lipinski definition) is 1. The van der Waals surface area contributed by atoms with Crippen molar-refractivity contribution in [3.63, 3.8) is 0 Å². The van der Waals surface area contributed by atoms with E-state index in [1.807, 2.05) is 24.3 Å². The van der Waals surface area contributed by atoms with Crippen LogP contribution < -0.4 is 9.62 Å². The number of anilines is 1. The Morgan fingerprint density at radius 1 is 1.16 bits per heavy atom. The van der Waals surface area contributed by atoms with Gasteiger partial charge in [-0.25, -0.2) is 13.1 Å². The summed E-state index contributed by atoms with van der Waals surface area (Å²) in [5.74, 6) is 0. The smallest absolute Gasteiger partial charge is 0.250 e. The summed E-state index contributed by atoms with van der Waals surface area (Å²) in [5, 5.41) is 0.991. The zero-order valence-electron chi connectivity index (χ0n) is 14.1. The Labute approximate surface area is 152 Å². The summed E-state index contributed by atoms with van der Waals surface area (Å²) >= 11 is 1.33. The molecule has 4 rings (SSSR count). The largest absolute Gasteiger partial charge is 0.378 e. The van der Waals surface area contributed by atoms with Crippen LogP contribution in [-0.2, 0) is 20.2 Å². The molecular formula is C18H22N2O3S2. The Hall–Kier alpha value is -1.41. The maximum Gasteiger partial charge on any atom is 0.250 e. The molecule has 0 amide bonds. The number of nitrogens with zero attached hydrogens (tertiary/aromatic N) is 1. The van der Waals surface area contributed by atoms with Gasteiger partial charge in [0.05, 0.1) is 18.2 Å². The van der Waals surface area contributed by atoms with Gasteiger partial charge in [-0.15, -0.1) is 11.3 Å². The Bertz CT molecular complexity index is 844. The van der Waals surface area contributed by atoms with E-state index in [0.717, 1.165) is 24.5 Å². The number of hydrogen-bond acceptors (Lipinski definition) is 5. The van der Waals surface area contributed by atoms with Crippen molar-refractivity contribution < 1.29 is 13.2 Å². The van der Waals surface area contributed by atoms with E-state index in [2.05, 4.69) is 28.7 Å². The second kappa shape index (κ2) is 6.39. The fourth-order valence-corrected chi connectivity index (χ4v) is 6.04. The fraction of sp³-hybridized carbons (Fsp3) is 0.444. The third-order valence-corrected chi connectivity index (χ3v) is 8.23. The molecule has 1 N–H and O–H groups in total. The zero-order valence-corrected chi connectivity index (χ0v) is 15.8. The molecule has 1 aliphatic carbocycles. The van der Waals surface area contributed by atoms with Gasteiger partial charge >= 0.3 is 0 Å². The van der Waals surface area contributed by atoms with Gasteiger partial charge in [0.1, 0.15) is 4.21 Å². The summed E-state index contributed by atoms with van der Waals surface area (Å²) in [6.07, 6.45) is 0.831. The van der Waals surface area contributed by atoms with Gasteiger partial charge < -0.3 is 9.64 Å². The molecule has 1 aromatic carbocycles. The maximum absolute atomic E-state index is 12.8. The Kier molecular flexibility index (Phi) is 4.35. The minimum atomic E-state index is -3.48. The SMILES string of the molecule is C[C@@]1(c2ccccc2)C[C@H]1NS(=O)(=O)c1ccc(N2CCOCC2)s1. The van der Waals surface area contributed by atoms with E-state index in [1.54, 1.807) is 6.07 Å². The summed E-state index contributed by atoms with van der Waals surface area (Å²) in [6.45, 7) is 5.11. The summed E-state index contributed by atoms with van der Waals surface area (Å²) in [6, 6.07) is 13.7. The van der Waals surface area contributed by atoms with Crippen molar-refractivity contribution in [1.82, 2.24) is 4.72 Å². The molecule has 1 aromatic heterocycles. The fourth-order valence-electron chi connectivity index (χ4n) is 3.33. The van der Waals surface area contributed by atoms with E-state index in [4.69, 9.17) is 4.74 Å². The summed E-state index contributed by atoms with van der Waals surface area (Å²) in [7, 11) is -3.48. The van der Waals surface area contributed by atoms with Crippen LogP contribution >= 0.6 is 11.3 Å². The highest BCUT2D eigenvalue weighted by Crippen LogP contribution is 2.48. The van der Waals surface area contributed by atoms with E-state index < -0.39 is 10.0 Å². The van der Waals surface area contributed by atoms with E-state index in [-0.39, 0.29) is 11.5 Å². The van der Waals surface area contributed by atoms with Crippen LogP contribution in [0.2, 0.25) is 0 Å². The third-order valence-electron chi connectivity index (χ3n) is 5.12. The van der Waals surface area contributed by atoms with Gasteiger partial charge in [0, 0.05) is 24.5 Å². The number of benzene rings is 1. The van der Waals surface area contributed by atoms with Gasteiger partial charge in [0.15, 0.2) is 0 Å². The molecule has 1 saturated heterocycles. The summed E-state index contributed by atoms with van der Waals surface area (Å²) < 4.78 is 34.1. The number of rotatable bonds is 5. The Balaban J connectivity index is 1.47. The van der Waals surface area contributed by atoms with Gasteiger partial charge in [-0.1, -0.05) is 37.3 Å². The average Bonchev–Trinajstić information content (AvgIpc) is 3.06. The molecule has 134 valence electrons. The molecule has 5 nitrogen and oxygen atoms in total. The molecule has 25 heavy (non-hydrogen) atoms. The second-order valence-electron chi connectivity index (χ2n) is 6.85. The lowest BCUT2D eigenvalue weighted by molar-refractivity contribution is 0.123. The van der Waals surface area contributed by atoms with Crippen molar-refractivity contribution in [2.45, 2.75) is 29.0 Å². The molecule has 2 aromatic rings. The lowest BCUT2D eigenvalue weighted by Gasteiger charge is -2.27. The topological polar surface area (TPSA) is 58.6 Å². The molecule has 2 aliphatic rings. The monoisotopic (exact) mass is 378 g/mol. The van der Waals surface area contributed by atoms with Gasteiger partial charge in [0.2, 0.25) is 10.0 Å². The minimum absolute atomic E-state index is 0.0474. The molecule has 0 spiro atoms. The molecule has 1 saturated carbocycles. The quantitative estimate of drug-likeness (QED) is 0.869. The Morgan fingerprint density at radius 3 is 2.60 bits per heavy atom. The first-order valence-corrected chi connectivity index (χ1v) is 10.8. The predicted octanol–water partition coefficient (Wildman–Crippen LogP) is 2.59. The van der Waals surface area contributed by atoms with Crippen LogP contribution in [-0.4, -0.2) is 40.8 Å². The molecule has 7 heteroatoms.